The molecule has 1 aromatic rings. The molecule has 4 heteroatoms. The largest absolute Gasteiger partial charge is 0.396 e. The topological polar surface area (TPSA) is 61.4 Å². The lowest BCUT2D eigenvalue weighted by Crippen LogP contribution is -2.39. The number of benzene rings is 1. The summed E-state index contributed by atoms with van der Waals surface area (Å²) in [6.07, 6.45) is 0.703. The maximum atomic E-state index is 11.7. The van der Waals surface area contributed by atoms with Crippen molar-refractivity contribution in [3.05, 3.63) is 35.9 Å². The molecule has 0 bridgehead atoms. The number of carbonyl (C=O) groups excluding carboxylic acids is 1. The minimum Gasteiger partial charge on any atom is -0.396 e. The van der Waals surface area contributed by atoms with E-state index < -0.39 is 0 Å². The van der Waals surface area contributed by atoms with Crippen molar-refractivity contribution in [2.75, 3.05) is 13.2 Å². The van der Waals surface area contributed by atoms with Gasteiger partial charge in [-0.2, -0.15) is 0 Å². The van der Waals surface area contributed by atoms with Crippen LogP contribution >= 0.6 is 0 Å². The summed E-state index contributed by atoms with van der Waals surface area (Å²) in [7, 11) is 0. The maximum absolute atomic E-state index is 11.7. The summed E-state index contributed by atoms with van der Waals surface area (Å²) in [5, 5.41) is 14.5. The zero-order valence-electron chi connectivity index (χ0n) is 11.0. The standard InChI is InChI=1S/C14H22N2O2/c1-11(8-9-17)10-15-14(18)16-12(2)13-6-4-3-5-7-13/h3-7,11-12,17H,8-10H2,1-2H3,(H2,15,16,18). The van der Waals surface area contributed by atoms with Crippen molar-refractivity contribution < 1.29 is 9.90 Å². The molecular weight excluding hydrogens is 228 g/mol. The van der Waals surface area contributed by atoms with Crippen LogP contribution in [0.15, 0.2) is 30.3 Å². The first-order valence-electron chi connectivity index (χ1n) is 6.33. The summed E-state index contributed by atoms with van der Waals surface area (Å²) in [6, 6.07) is 9.64. The van der Waals surface area contributed by atoms with Gasteiger partial charge in [0.2, 0.25) is 0 Å². The van der Waals surface area contributed by atoms with Gasteiger partial charge in [0.25, 0.3) is 0 Å². The molecule has 1 rings (SSSR count). The van der Waals surface area contributed by atoms with E-state index in [0.29, 0.717) is 13.0 Å². The van der Waals surface area contributed by atoms with E-state index in [1.54, 1.807) is 0 Å². The van der Waals surface area contributed by atoms with Crippen LogP contribution in [0.5, 0.6) is 0 Å². The lowest BCUT2D eigenvalue weighted by atomic mass is 10.1. The molecule has 2 atom stereocenters. The van der Waals surface area contributed by atoms with Gasteiger partial charge in [0.15, 0.2) is 0 Å². The predicted octanol–water partition coefficient (Wildman–Crippen LogP) is 2.07. The Balaban J connectivity index is 2.32. The van der Waals surface area contributed by atoms with Crippen molar-refractivity contribution in [2.24, 2.45) is 5.92 Å². The number of nitrogens with one attached hydrogen (secondary N) is 2. The molecule has 2 amide bonds. The second-order valence-electron chi connectivity index (χ2n) is 4.60. The third-order valence-electron chi connectivity index (χ3n) is 2.88. The van der Waals surface area contributed by atoms with Crippen molar-refractivity contribution in [1.82, 2.24) is 10.6 Å². The smallest absolute Gasteiger partial charge is 0.315 e. The van der Waals surface area contributed by atoms with E-state index >= 15 is 0 Å². The van der Waals surface area contributed by atoms with Crippen LogP contribution < -0.4 is 10.6 Å². The van der Waals surface area contributed by atoms with Gasteiger partial charge in [-0.25, -0.2) is 4.79 Å². The fraction of sp³-hybridized carbons (Fsp3) is 0.500. The highest BCUT2D eigenvalue weighted by Crippen LogP contribution is 2.10. The van der Waals surface area contributed by atoms with E-state index in [-0.39, 0.29) is 24.6 Å². The molecule has 0 heterocycles. The summed E-state index contributed by atoms with van der Waals surface area (Å²) in [4.78, 5) is 11.7. The molecule has 0 aliphatic heterocycles. The third-order valence-corrected chi connectivity index (χ3v) is 2.88. The Kier molecular flexibility index (Phi) is 6.22. The Morgan fingerprint density at radius 2 is 1.94 bits per heavy atom. The number of aliphatic hydroxyl groups is 1. The molecule has 0 saturated carbocycles. The Morgan fingerprint density at radius 1 is 1.28 bits per heavy atom. The van der Waals surface area contributed by atoms with Gasteiger partial charge in [-0.3, -0.25) is 0 Å². The van der Waals surface area contributed by atoms with E-state index in [0.717, 1.165) is 5.56 Å². The highest BCUT2D eigenvalue weighted by molar-refractivity contribution is 5.74. The van der Waals surface area contributed by atoms with E-state index in [2.05, 4.69) is 10.6 Å². The van der Waals surface area contributed by atoms with Gasteiger partial charge in [-0.05, 0) is 24.8 Å². The molecule has 0 aromatic heterocycles. The first-order valence-corrected chi connectivity index (χ1v) is 6.33. The fourth-order valence-electron chi connectivity index (χ4n) is 1.66. The summed E-state index contributed by atoms with van der Waals surface area (Å²) in [6.45, 7) is 4.68. The molecule has 0 aliphatic rings. The fourth-order valence-corrected chi connectivity index (χ4v) is 1.66. The zero-order chi connectivity index (χ0) is 13.4. The highest BCUT2D eigenvalue weighted by Gasteiger charge is 2.09. The Morgan fingerprint density at radius 3 is 2.56 bits per heavy atom. The van der Waals surface area contributed by atoms with Gasteiger partial charge in [-0.1, -0.05) is 37.3 Å². The summed E-state index contributed by atoms with van der Waals surface area (Å²) >= 11 is 0. The molecule has 0 aliphatic carbocycles. The van der Waals surface area contributed by atoms with E-state index in [1.165, 1.54) is 0 Å². The van der Waals surface area contributed by atoms with Crippen molar-refractivity contribution >= 4 is 6.03 Å². The molecule has 3 N–H and O–H groups in total. The van der Waals surface area contributed by atoms with Crippen LogP contribution in [0.1, 0.15) is 31.9 Å². The van der Waals surface area contributed by atoms with Crippen molar-refractivity contribution in [3.8, 4) is 0 Å². The van der Waals surface area contributed by atoms with Crippen LogP contribution in [0.25, 0.3) is 0 Å². The van der Waals surface area contributed by atoms with Crippen LogP contribution in [-0.4, -0.2) is 24.3 Å². The second-order valence-corrected chi connectivity index (χ2v) is 4.60. The number of carbonyl (C=O) groups is 1. The number of aliphatic hydroxyl groups excluding tert-OH is 1. The van der Waals surface area contributed by atoms with Gasteiger partial charge in [-0.15, -0.1) is 0 Å². The van der Waals surface area contributed by atoms with Crippen molar-refractivity contribution in [1.29, 1.82) is 0 Å². The monoisotopic (exact) mass is 250 g/mol. The third kappa shape index (κ3) is 5.19. The molecule has 18 heavy (non-hydrogen) atoms. The number of urea groups is 1. The van der Waals surface area contributed by atoms with Crippen LogP contribution in [0.4, 0.5) is 4.79 Å². The Labute approximate surface area is 108 Å². The average Bonchev–Trinajstić information content (AvgIpc) is 2.38. The number of amides is 2. The zero-order valence-corrected chi connectivity index (χ0v) is 11.0. The normalized spacial score (nSPS) is 13.7. The SMILES string of the molecule is CC(CCO)CNC(=O)NC(C)c1ccccc1. The summed E-state index contributed by atoms with van der Waals surface area (Å²) in [5.41, 5.74) is 1.08. The van der Waals surface area contributed by atoms with Crippen LogP contribution in [0.2, 0.25) is 0 Å². The lowest BCUT2D eigenvalue weighted by molar-refractivity contribution is 0.231. The quantitative estimate of drug-likeness (QED) is 0.723. The first-order chi connectivity index (χ1) is 8.63. The first kappa shape index (κ1) is 14.5. The van der Waals surface area contributed by atoms with Gasteiger partial charge < -0.3 is 15.7 Å². The molecule has 0 fully saturated rings. The number of hydrogen-bond acceptors (Lipinski definition) is 2. The van der Waals surface area contributed by atoms with Crippen LogP contribution in [0, 0.1) is 5.92 Å². The molecule has 0 radical (unpaired) electrons. The lowest BCUT2D eigenvalue weighted by Gasteiger charge is -2.16. The molecule has 1 aromatic carbocycles. The van der Waals surface area contributed by atoms with E-state index in [4.69, 9.17) is 5.11 Å². The van der Waals surface area contributed by atoms with Crippen LogP contribution in [0.3, 0.4) is 0 Å². The van der Waals surface area contributed by atoms with E-state index in [9.17, 15) is 4.79 Å². The van der Waals surface area contributed by atoms with Crippen molar-refractivity contribution in [2.45, 2.75) is 26.3 Å². The Hall–Kier alpha value is -1.55. The molecule has 4 nitrogen and oxygen atoms in total. The number of rotatable bonds is 6. The highest BCUT2D eigenvalue weighted by atomic mass is 16.3. The van der Waals surface area contributed by atoms with Crippen LogP contribution in [-0.2, 0) is 0 Å². The number of hydrogen-bond donors (Lipinski definition) is 3. The average molecular weight is 250 g/mol. The van der Waals surface area contributed by atoms with Gasteiger partial charge in [0, 0.05) is 13.2 Å². The van der Waals surface area contributed by atoms with Crippen molar-refractivity contribution in [3.63, 3.8) is 0 Å². The Bertz CT molecular complexity index is 354. The van der Waals surface area contributed by atoms with E-state index in [1.807, 2.05) is 44.2 Å². The molecule has 0 spiro atoms. The minimum absolute atomic E-state index is 0.0145. The maximum Gasteiger partial charge on any atom is 0.315 e. The summed E-state index contributed by atoms with van der Waals surface area (Å²) < 4.78 is 0. The molecule has 2 unspecified atom stereocenters. The second kappa shape index (κ2) is 7.71. The molecule has 100 valence electrons. The minimum atomic E-state index is -0.170. The molecular formula is C14H22N2O2. The van der Waals surface area contributed by atoms with Gasteiger partial charge >= 0.3 is 6.03 Å². The van der Waals surface area contributed by atoms with Gasteiger partial charge in [0.05, 0.1) is 6.04 Å². The summed E-state index contributed by atoms with van der Waals surface area (Å²) in [5.74, 6) is 0.285. The predicted molar refractivity (Wildman–Crippen MR) is 72.3 cm³/mol. The molecule has 0 saturated heterocycles. The van der Waals surface area contributed by atoms with Gasteiger partial charge in [0.1, 0.15) is 0 Å².